The summed E-state index contributed by atoms with van der Waals surface area (Å²) in [6.45, 7) is 0. The minimum absolute atomic E-state index is 0.362. The van der Waals surface area contributed by atoms with Crippen molar-refractivity contribution in [3.63, 3.8) is 0 Å². The average molecular weight is 806 g/mol. The number of hydrogen-bond acceptors (Lipinski definition) is 2. The Morgan fingerprint density at radius 3 is 1.67 bits per heavy atom. The van der Waals surface area contributed by atoms with Crippen molar-refractivity contribution in [2.45, 2.75) is 0 Å². The van der Waals surface area contributed by atoms with Gasteiger partial charge < -0.3 is 8.98 Å². The molecule has 58 heavy (non-hydrogen) atoms. The first kappa shape index (κ1) is 33.1. The Bertz CT molecular complexity index is 3500. The summed E-state index contributed by atoms with van der Waals surface area (Å²) in [6, 6.07) is 74.8. The first-order chi connectivity index (χ1) is 28.7. The van der Waals surface area contributed by atoms with Crippen LogP contribution in [0.15, 0.2) is 211 Å². The van der Waals surface area contributed by atoms with Crippen molar-refractivity contribution in [1.29, 1.82) is 0 Å². The molecule has 0 saturated heterocycles. The summed E-state index contributed by atoms with van der Waals surface area (Å²) in [4.78, 5) is 2.33. The molecule has 4 heteroatoms. The van der Waals surface area contributed by atoms with Crippen LogP contribution in [-0.4, -0.2) is 19.1 Å². The van der Waals surface area contributed by atoms with Gasteiger partial charge in [0.2, 0.25) is 0 Å². The molecule has 0 spiro atoms. The van der Waals surface area contributed by atoms with E-state index >= 15 is 0 Å². The number of hydrogen-bond donors (Lipinski definition) is 0. The van der Waals surface area contributed by atoms with Crippen LogP contribution in [0.4, 0.5) is 17.1 Å². The van der Waals surface area contributed by atoms with Crippen LogP contribution >= 0.6 is 0 Å². The number of para-hydroxylation sites is 3. The summed E-state index contributed by atoms with van der Waals surface area (Å²) >= 11 is 0.362. The van der Waals surface area contributed by atoms with E-state index in [1.165, 1.54) is 69.0 Å². The molecule has 3 nitrogen and oxygen atoms in total. The second kappa shape index (κ2) is 13.2. The van der Waals surface area contributed by atoms with Gasteiger partial charge in [0.05, 0.1) is 11.0 Å². The molecule has 0 unspecified atom stereocenters. The first-order valence-electron chi connectivity index (χ1n) is 19.7. The first-order valence-corrected chi connectivity index (χ1v) is 21.4. The van der Waals surface area contributed by atoms with Crippen molar-refractivity contribution in [2.75, 3.05) is 4.90 Å². The van der Waals surface area contributed by atoms with E-state index in [2.05, 4.69) is 204 Å². The van der Waals surface area contributed by atoms with Crippen molar-refractivity contribution in [2.24, 2.45) is 0 Å². The fourth-order valence-corrected chi connectivity index (χ4v) is 11.1. The van der Waals surface area contributed by atoms with Gasteiger partial charge in [0.1, 0.15) is 5.58 Å². The Hall–Kier alpha value is -7.10. The number of nitrogens with zero attached hydrogens (tertiary/aromatic N) is 2. The zero-order chi connectivity index (χ0) is 38.2. The van der Waals surface area contributed by atoms with Crippen LogP contribution in [-0.2, 0) is 0 Å². The Balaban J connectivity index is 0.948. The van der Waals surface area contributed by atoms with Gasteiger partial charge in [0, 0.05) is 27.2 Å². The van der Waals surface area contributed by atoms with Crippen LogP contribution in [0.2, 0.25) is 0 Å². The molecular formula is C54H34N2OSe. The van der Waals surface area contributed by atoms with Gasteiger partial charge in [-0.3, -0.25) is 0 Å². The van der Waals surface area contributed by atoms with E-state index in [1.54, 1.807) is 0 Å². The SMILES string of the molecule is c1ccc(-n2c3ccccc3c3cc(-c4ccc(N(c5ccc(-c6ccc7[se]c8ccccc8c7c6)cc5)c5ccc6c(c5)oc5ccccc56)cc4)ccc32)cc1. The molecule has 0 bridgehead atoms. The summed E-state index contributed by atoms with van der Waals surface area (Å²) < 4.78 is 11.7. The molecule has 0 radical (unpaired) electrons. The third-order valence-electron chi connectivity index (χ3n) is 11.6. The van der Waals surface area contributed by atoms with E-state index in [1.807, 2.05) is 12.1 Å². The van der Waals surface area contributed by atoms with Crippen molar-refractivity contribution >= 4 is 94.6 Å². The molecule has 12 rings (SSSR count). The molecule has 0 saturated carbocycles. The fraction of sp³-hybridized carbons (Fsp3) is 0. The quantitative estimate of drug-likeness (QED) is 0.156. The molecule has 12 aromatic rings. The molecule has 272 valence electrons. The number of anilines is 3. The number of rotatable bonds is 6. The average Bonchev–Trinajstić information content (AvgIpc) is 3.96. The third kappa shape index (κ3) is 5.34. The van der Waals surface area contributed by atoms with Gasteiger partial charge in [0.25, 0.3) is 0 Å². The molecule has 0 aliphatic rings. The van der Waals surface area contributed by atoms with Crippen LogP contribution < -0.4 is 4.90 Å². The van der Waals surface area contributed by atoms with Crippen molar-refractivity contribution in [1.82, 2.24) is 4.57 Å². The smallest absolute Gasteiger partial charge is 0.0602 e. The third-order valence-corrected chi connectivity index (χ3v) is 14.0. The monoisotopic (exact) mass is 806 g/mol. The van der Waals surface area contributed by atoms with E-state index < -0.39 is 0 Å². The van der Waals surface area contributed by atoms with Crippen LogP contribution in [0, 0.1) is 0 Å². The maximum atomic E-state index is 6.40. The van der Waals surface area contributed by atoms with E-state index in [0.717, 1.165) is 39.0 Å². The predicted molar refractivity (Wildman–Crippen MR) is 246 cm³/mol. The fourth-order valence-electron chi connectivity index (χ4n) is 8.82. The number of furan rings is 1. The van der Waals surface area contributed by atoms with Crippen LogP contribution in [0.3, 0.4) is 0 Å². The Morgan fingerprint density at radius 1 is 0.345 bits per heavy atom. The Kier molecular flexibility index (Phi) is 7.56. The van der Waals surface area contributed by atoms with Crippen molar-refractivity contribution < 1.29 is 4.42 Å². The second-order valence-corrected chi connectivity index (χ2v) is 17.2. The van der Waals surface area contributed by atoms with Gasteiger partial charge in [-0.15, -0.1) is 0 Å². The van der Waals surface area contributed by atoms with E-state index in [4.69, 9.17) is 4.42 Å². The molecule has 3 heterocycles. The normalized spacial score (nSPS) is 11.8. The molecular weight excluding hydrogens is 772 g/mol. The van der Waals surface area contributed by atoms with Gasteiger partial charge in [-0.05, 0) is 47.5 Å². The molecule has 9 aromatic carbocycles. The maximum absolute atomic E-state index is 6.40. The van der Waals surface area contributed by atoms with Crippen LogP contribution in [0.5, 0.6) is 0 Å². The molecule has 3 aromatic heterocycles. The van der Waals surface area contributed by atoms with Gasteiger partial charge in [-0.1, -0.05) is 60.7 Å². The topological polar surface area (TPSA) is 21.3 Å². The minimum atomic E-state index is 0.362. The van der Waals surface area contributed by atoms with E-state index in [9.17, 15) is 0 Å². The van der Waals surface area contributed by atoms with Gasteiger partial charge in [-0.25, -0.2) is 0 Å². The number of fused-ring (bicyclic) bond motifs is 9. The second-order valence-electron chi connectivity index (χ2n) is 14.9. The summed E-state index contributed by atoms with van der Waals surface area (Å²) in [5, 5.41) is 7.50. The Labute approximate surface area is 341 Å². The summed E-state index contributed by atoms with van der Waals surface area (Å²) in [6.07, 6.45) is 0. The molecule has 0 fully saturated rings. The van der Waals surface area contributed by atoms with E-state index in [-0.39, 0.29) is 0 Å². The zero-order valence-corrected chi connectivity index (χ0v) is 33.1. The number of benzene rings is 9. The molecule has 0 atom stereocenters. The minimum Gasteiger partial charge on any atom is -0.0602 e. The molecule has 0 aliphatic heterocycles. The van der Waals surface area contributed by atoms with Gasteiger partial charge in [-0.2, -0.15) is 0 Å². The Morgan fingerprint density at radius 2 is 0.897 bits per heavy atom. The van der Waals surface area contributed by atoms with Gasteiger partial charge >= 0.3 is 182 Å². The predicted octanol–water partition coefficient (Wildman–Crippen LogP) is 14.9. The molecule has 0 N–H and O–H groups in total. The number of aromatic nitrogens is 1. The summed E-state index contributed by atoms with van der Waals surface area (Å²) in [5.74, 6) is 0. The van der Waals surface area contributed by atoms with Crippen molar-refractivity contribution in [3.05, 3.63) is 206 Å². The van der Waals surface area contributed by atoms with Crippen LogP contribution in [0.1, 0.15) is 0 Å². The molecule has 0 amide bonds. The summed E-state index contributed by atoms with van der Waals surface area (Å²) in [5.41, 5.74) is 13.3. The molecule has 0 aliphatic carbocycles. The van der Waals surface area contributed by atoms with Gasteiger partial charge in [0.15, 0.2) is 0 Å². The van der Waals surface area contributed by atoms with Crippen LogP contribution in [0.25, 0.3) is 91.0 Å². The zero-order valence-electron chi connectivity index (χ0n) is 31.3. The van der Waals surface area contributed by atoms with Crippen molar-refractivity contribution in [3.8, 4) is 27.9 Å². The summed E-state index contributed by atoms with van der Waals surface area (Å²) in [7, 11) is 0. The van der Waals surface area contributed by atoms with E-state index in [0.29, 0.717) is 14.5 Å². The standard InChI is InChI=1S/C54H34N2OSe/c1-2-10-39(11-3-1)56-49-15-7-4-12-43(49)47-32-37(22-30-50(47)56)35-18-24-40(25-19-35)55(42-28-29-45-44-13-5-8-16-51(44)57-52(45)34-42)41-26-20-36(21-27-41)38-23-31-54-48(33-38)46-14-6-9-17-53(46)58-54/h1-34H.